The maximum Gasteiger partial charge on any atom is 0.0829 e. The van der Waals surface area contributed by atoms with Crippen LogP contribution in [-0.4, -0.2) is 21.3 Å². The number of pyridine rings is 1. The number of nitrogens with zero attached hydrogens (tertiary/aromatic N) is 3. The van der Waals surface area contributed by atoms with Crippen LogP contribution in [0.15, 0.2) is 30.7 Å². The number of aryl methyl sites for hydroxylation is 1. The second kappa shape index (κ2) is 6.48. The molecule has 2 aromatic heterocycles. The summed E-state index contributed by atoms with van der Waals surface area (Å²) in [7, 11) is 0. The zero-order valence-electron chi connectivity index (χ0n) is 11.9. The van der Waals surface area contributed by atoms with E-state index in [1.807, 2.05) is 30.2 Å². The van der Waals surface area contributed by atoms with Crippen molar-refractivity contribution in [1.82, 2.24) is 20.1 Å². The predicted octanol–water partition coefficient (Wildman–Crippen LogP) is 3.03. The Kier molecular flexibility index (Phi) is 4.68. The first-order valence-corrected chi connectivity index (χ1v) is 6.95. The van der Waals surface area contributed by atoms with E-state index in [9.17, 15) is 0 Å². The molecule has 0 aliphatic carbocycles. The summed E-state index contributed by atoms with van der Waals surface area (Å²) in [5.74, 6) is 0. The van der Waals surface area contributed by atoms with Gasteiger partial charge >= 0.3 is 0 Å². The van der Waals surface area contributed by atoms with Crippen LogP contribution in [0.4, 0.5) is 0 Å². The molecule has 102 valence electrons. The maximum atomic E-state index is 4.57. The van der Waals surface area contributed by atoms with Crippen molar-refractivity contribution < 1.29 is 0 Å². The Morgan fingerprint density at radius 2 is 2.11 bits per heavy atom. The van der Waals surface area contributed by atoms with Crippen molar-refractivity contribution >= 4 is 0 Å². The monoisotopic (exact) mass is 258 g/mol. The molecule has 0 saturated carbocycles. The van der Waals surface area contributed by atoms with Crippen molar-refractivity contribution in [1.29, 1.82) is 0 Å². The van der Waals surface area contributed by atoms with Crippen molar-refractivity contribution in [2.45, 2.75) is 39.7 Å². The first kappa shape index (κ1) is 13.7. The second-order valence-electron chi connectivity index (χ2n) is 4.82. The normalized spacial score (nSPS) is 12.6. The lowest BCUT2D eigenvalue weighted by Crippen LogP contribution is -2.22. The molecule has 0 saturated heterocycles. The third-order valence-corrected chi connectivity index (χ3v) is 3.15. The van der Waals surface area contributed by atoms with Gasteiger partial charge in [0.2, 0.25) is 0 Å². The highest BCUT2D eigenvalue weighted by molar-refractivity contribution is 5.30. The minimum absolute atomic E-state index is 0.341. The Morgan fingerprint density at radius 3 is 2.63 bits per heavy atom. The van der Waals surface area contributed by atoms with Crippen molar-refractivity contribution in [2.24, 2.45) is 0 Å². The summed E-state index contributed by atoms with van der Waals surface area (Å²) in [5.41, 5.74) is 3.26. The minimum atomic E-state index is 0.341. The van der Waals surface area contributed by atoms with E-state index in [1.54, 1.807) is 0 Å². The Labute approximate surface area is 114 Å². The molecule has 4 heteroatoms. The molecule has 0 bridgehead atoms. The van der Waals surface area contributed by atoms with E-state index in [-0.39, 0.29) is 0 Å². The van der Waals surface area contributed by atoms with Gasteiger partial charge in [-0.2, -0.15) is 5.10 Å². The fourth-order valence-electron chi connectivity index (χ4n) is 2.07. The lowest BCUT2D eigenvalue weighted by atomic mass is 10.1. The Morgan fingerprint density at radius 1 is 1.26 bits per heavy atom. The zero-order valence-corrected chi connectivity index (χ0v) is 11.9. The van der Waals surface area contributed by atoms with Crippen LogP contribution in [0.3, 0.4) is 0 Å². The van der Waals surface area contributed by atoms with E-state index < -0.39 is 0 Å². The Bertz CT molecular complexity index is 501. The topological polar surface area (TPSA) is 42.7 Å². The molecule has 1 atom stereocenters. The van der Waals surface area contributed by atoms with Gasteiger partial charge in [0.05, 0.1) is 23.8 Å². The number of hydrogen-bond donors (Lipinski definition) is 1. The minimum Gasteiger partial charge on any atom is -0.309 e. The largest absolute Gasteiger partial charge is 0.309 e. The van der Waals surface area contributed by atoms with E-state index in [4.69, 9.17) is 0 Å². The highest BCUT2D eigenvalue weighted by Gasteiger charge is 2.09. The first-order valence-electron chi connectivity index (χ1n) is 6.95. The van der Waals surface area contributed by atoms with Crippen molar-refractivity contribution in [3.63, 3.8) is 0 Å². The van der Waals surface area contributed by atoms with Gasteiger partial charge in [0.15, 0.2) is 0 Å². The van der Waals surface area contributed by atoms with Crippen molar-refractivity contribution in [3.05, 3.63) is 42.0 Å². The molecule has 1 unspecified atom stereocenters. The molecule has 2 heterocycles. The average molecular weight is 258 g/mol. The van der Waals surface area contributed by atoms with E-state index >= 15 is 0 Å². The molecular weight excluding hydrogens is 236 g/mol. The number of rotatable bonds is 6. The SMILES string of the molecule is CCCNC(CC)c1ccc(-n2cc(C)cn2)cn1. The molecule has 0 aliphatic rings. The maximum absolute atomic E-state index is 4.57. The molecular formula is C15H22N4. The number of hydrogen-bond acceptors (Lipinski definition) is 3. The van der Waals surface area contributed by atoms with Gasteiger partial charge in [-0.15, -0.1) is 0 Å². The van der Waals surface area contributed by atoms with Gasteiger partial charge in [-0.1, -0.05) is 13.8 Å². The van der Waals surface area contributed by atoms with Crippen LogP contribution < -0.4 is 5.32 Å². The van der Waals surface area contributed by atoms with Gasteiger partial charge in [-0.05, 0) is 44.0 Å². The Hall–Kier alpha value is -1.68. The standard InChI is InChI=1S/C15H22N4/c1-4-8-16-14(5-2)15-7-6-13(10-17-15)19-11-12(3)9-18-19/h6-7,9-11,14,16H,4-5,8H2,1-3H3. The molecule has 0 aliphatic heterocycles. The van der Waals surface area contributed by atoms with E-state index in [2.05, 4.69) is 41.4 Å². The third-order valence-electron chi connectivity index (χ3n) is 3.15. The quantitative estimate of drug-likeness (QED) is 0.866. The first-order chi connectivity index (χ1) is 9.24. The number of aromatic nitrogens is 3. The van der Waals surface area contributed by atoms with Crippen LogP contribution >= 0.6 is 0 Å². The molecule has 2 aromatic rings. The average Bonchev–Trinajstić information content (AvgIpc) is 2.87. The van der Waals surface area contributed by atoms with Gasteiger partial charge in [0.25, 0.3) is 0 Å². The third kappa shape index (κ3) is 3.41. The van der Waals surface area contributed by atoms with Crippen molar-refractivity contribution in [3.8, 4) is 5.69 Å². The van der Waals surface area contributed by atoms with Crippen LogP contribution in [0.1, 0.15) is 44.0 Å². The number of nitrogens with one attached hydrogen (secondary N) is 1. The van der Waals surface area contributed by atoms with Crippen LogP contribution in [0.5, 0.6) is 0 Å². The lowest BCUT2D eigenvalue weighted by molar-refractivity contribution is 0.507. The van der Waals surface area contributed by atoms with Gasteiger partial charge in [0, 0.05) is 12.2 Å². The van der Waals surface area contributed by atoms with E-state index in [0.717, 1.165) is 36.3 Å². The summed E-state index contributed by atoms with van der Waals surface area (Å²) >= 11 is 0. The van der Waals surface area contributed by atoms with E-state index in [1.165, 1.54) is 0 Å². The summed E-state index contributed by atoms with van der Waals surface area (Å²) < 4.78 is 1.85. The Balaban J connectivity index is 2.13. The molecule has 0 radical (unpaired) electrons. The molecule has 1 N–H and O–H groups in total. The van der Waals surface area contributed by atoms with Crippen LogP contribution in [-0.2, 0) is 0 Å². The van der Waals surface area contributed by atoms with Crippen molar-refractivity contribution in [2.75, 3.05) is 6.54 Å². The molecule has 4 nitrogen and oxygen atoms in total. The smallest absolute Gasteiger partial charge is 0.0829 e. The van der Waals surface area contributed by atoms with Gasteiger partial charge in [-0.25, -0.2) is 4.68 Å². The zero-order chi connectivity index (χ0) is 13.7. The highest BCUT2D eigenvalue weighted by Crippen LogP contribution is 2.15. The molecule has 0 amide bonds. The predicted molar refractivity (Wildman–Crippen MR) is 77.4 cm³/mol. The summed E-state index contributed by atoms with van der Waals surface area (Å²) in [4.78, 5) is 4.57. The fraction of sp³-hybridized carbons (Fsp3) is 0.467. The van der Waals surface area contributed by atoms with E-state index in [0.29, 0.717) is 6.04 Å². The van der Waals surface area contributed by atoms with Gasteiger partial charge < -0.3 is 5.32 Å². The summed E-state index contributed by atoms with van der Waals surface area (Å²) in [6, 6.07) is 4.50. The molecule has 2 rings (SSSR count). The summed E-state index contributed by atoms with van der Waals surface area (Å²) in [6.45, 7) is 7.42. The molecule has 0 fully saturated rings. The summed E-state index contributed by atoms with van der Waals surface area (Å²) in [6.07, 6.45) is 7.93. The van der Waals surface area contributed by atoms with Crippen LogP contribution in [0.2, 0.25) is 0 Å². The fourth-order valence-corrected chi connectivity index (χ4v) is 2.07. The van der Waals surface area contributed by atoms with Gasteiger partial charge in [-0.3, -0.25) is 4.98 Å². The van der Waals surface area contributed by atoms with Crippen LogP contribution in [0.25, 0.3) is 5.69 Å². The van der Waals surface area contributed by atoms with Gasteiger partial charge in [0.1, 0.15) is 0 Å². The lowest BCUT2D eigenvalue weighted by Gasteiger charge is -2.16. The highest BCUT2D eigenvalue weighted by atomic mass is 15.3. The summed E-state index contributed by atoms with van der Waals surface area (Å²) in [5, 5.41) is 7.81. The molecule has 0 spiro atoms. The molecule has 0 aromatic carbocycles. The molecule has 19 heavy (non-hydrogen) atoms. The van der Waals surface area contributed by atoms with Crippen LogP contribution in [0, 0.1) is 6.92 Å². The second-order valence-corrected chi connectivity index (χ2v) is 4.82.